The fourth-order valence-corrected chi connectivity index (χ4v) is 3.75. The minimum absolute atomic E-state index is 0.204. The van der Waals surface area contributed by atoms with Gasteiger partial charge in [0, 0.05) is 9.50 Å². The van der Waals surface area contributed by atoms with E-state index >= 15 is 0 Å². The first-order valence-electron chi connectivity index (χ1n) is 9.65. The van der Waals surface area contributed by atoms with Crippen LogP contribution in [-0.4, -0.2) is 17.8 Å². The summed E-state index contributed by atoms with van der Waals surface area (Å²) >= 11 is 15.6. The fraction of sp³-hybridized carbons (Fsp3) is 0.0417. The van der Waals surface area contributed by atoms with Crippen LogP contribution in [-0.2, 0) is 16.2 Å². The zero-order valence-electron chi connectivity index (χ0n) is 16.8. The molecular formula is C24H15BrCl2N2O4. The Labute approximate surface area is 207 Å². The molecule has 1 fully saturated rings. The van der Waals surface area contributed by atoms with Crippen LogP contribution < -0.4 is 15.0 Å². The lowest BCUT2D eigenvalue weighted by atomic mass is 10.1. The topological polar surface area (TPSA) is 75.7 Å². The van der Waals surface area contributed by atoms with Crippen LogP contribution in [0.1, 0.15) is 11.1 Å². The Kier molecular flexibility index (Phi) is 6.83. The Morgan fingerprint density at radius 3 is 2.30 bits per heavy atom. The molecule has 166 valence electrons. The first-order chi connectivity index (χ1) is 15.8. The van der Waals surface area contributed by atoms with Gasteiger partial charge in [-0.2, -0.15) is 0 Å². The molecular weight excluding hydrogens is 531 g/mol. The molecule has 0 aliphatic carbocycles. The third-order valence-electron chi connectivity index (χ3n) is 4.76. The maximum absolute atomic E-state index is 13.0. The highest BCUT2D eigenvalue weighted by Gasteiger charge is 2.36. The number of imide groups is 2. The lowest BCUT2D eigenvalue weighted by Crippen LogP contribution is -2.54. The number of amides is 4. The monoisotopic (exact) mass is 544 g/mol. The molecule has 0 bridgehead atoms. The van der Waals surface area contributed by atoms with Crippen molar-refractivity contribution in [2.24, 2.45) is 0 Å². The molecule has 9 heteroatoms. The number of nitrogens with zero attached hydrogens (tertiary/aromatic N) is 1. The van der Waals surface area contributed by atoms with Crippen molar-refractivity contribution in [3.8, 4) is 5.75 Å². The molecule has 3 aromatic rings. The van der Waals surface area contributed by atoms with Crippen molar-refractivity contribution < 1.29 is 19.1 Å². The van der Waals surface area contributed by atoms with Crippen LogP contribution in [0.25, 0.3) is 6.08 Å². The Morgan fingerprint density at radius 1 is 0.939 bits per heavy atom. The van der Waals surface area contributed by atoms with Gasteiger partial charge in [-0.15, -0.1) is 0 Å². The quantitative estimate of drug-likeness (QED) is 0.315. The second-order valence-corrected chi connectivity index (χ2v) is 8.80. The maximum Gasteiger partial charge on any atom is 0.335 e. The van der Waals surface area contributed by atoms with E-state index in [1.807, 2.05) is 24.3 Å². The lowest BCUT2D eigenvalue weighted by molar-refractivity contribution is -0.122. The Balaban J connectivity index is 1.55. The first kappa shape index (κ1) is 23.0. The van der Waals surface area contributed by atoms with Gasteiger partial charge in [0.15, 0.2) is 0 Å². The van der Waals surface area contributed by atoms with E-state index in [-0.39, 0.29) is 11.3 Å². The van der Waals surface area contributed by atoms with Gasteiger partial charge < -0.3 is 4.74 Å². The van der Waals surface area contributed by atoms with Crippen LogP contribution in [0.4, 0.5) is 10.5 Å². The molecule has 0 aromatic heterocycles. The van der Waals surface area contributed by atoms with Crippen LogP contribution in [0, 0.1) is 0 Å². The van der Waals surface area contributed by atoms with Crippen molar-refractivity contribution in [3.63, 3.8) is 0 Å². The number of nitrogens with one attached hydrogen (secondary N) is 1. The van der Waals surface area contributed by atoms with Crippen LogP contribution in [0.15, 0.2) is 76.8 Å². The molecule has 0 spiro atoms. The average molecular weight is 546 g/mol. The second-order valence-electron chi connectivity index (χ2n) is 7.04. The van der Waals surface area contributed by atoms with Crippen molar-refractivity contribution in [2.45, 2.75) is 6.61 Å². The maximum atomic E-state index is 13.0. The van der Waals surface area contributed by atoms with Gasteiger partial charge >= 0.3 is 6.03 Å². The summed E-state index contributed by atoms with van der Waals surface area (Å²) in [6, 6.07) is 17.9. The van der Waals surface area contributed by atoms with Crippen LogP contribution in [0.5, 0.6) is 5.75 Å². The number of urea groups is 1. The summed E-state index contributed by atoms with van der Waals surface area (Å²) in [6.07, 6.45) is 1.37. The number of hydrogen-bond donors (Lipinski definition) is 1. The summed E-state index contributed by atoms with van der Waals surface area (Å²) in [5, 5.41) is 2.94. The summed E-state index contributed by atoms with van der Waals surface area (Å²) in [5.74, 6) is -1.08. The van der Waals surface area contributed by atoms with E-state index in [1.165, 1.54) is 18.2 Å². The van der Waals surface area contributed by atoms with E-state index in [9.17, 15) is 14.4 Å². The van der Waals surface area contributed by atoms with Gasteiger partial charge in [0.25, 0.3) is 11.8 Å². The Bertz CT molecular complexity index is 1270. The molecule has 1 aliphatic heterocycles. The fourth-order valence-electron chi connectivity index (χ4n) is 3.11. The van der Waals surface area contributed by atoms with E-state index < -0.39 is 17.8 Å². The molecule has 1 saturated heterocycles. The van der Waals surface area contributed by atoms with Gasteiger partial charge in [0.05, 0.1) is 10.7 Å². The minimum atomic E-state index is -0.834. The van der Waals surface area contributed by atoms with Crippen LogP contribution in [0.2, 0.25) is 10.0 Å². The summed E-state index contributed by atoms with van der Waals surface area (Å²) < 4.78 is 6.74. The van der Waals surface area contributed by atoms with Gasteiger partial charge in [0.1, 0.15) is 17.9 Å². The molecule has 0 unspecified atom stereocenters. The summed E-state index contributed by atoms with van der Waals surface area (Å²) in [5.41, 5.74) is 1.55. The van der Waals surface area contributed by atoms with Crippen molar-refractivity contribution >= 4 is 68.7 Å². The molecule has 33 heavy (non-hydrogen) atoms. The van der Waals surface area contributed by atoms with Crippen molar-refractivity contribution in [2.75, 3.05) is 4.90 Å². The highest BCUT2D eigenvalue weighted by atomic mass is 79.9. The molecule has 0 radical (unpaired) electrons. The minimum Gasteiger partial charge on any atom is -0.487 e. The number of ether oxygens (including phenoxy) is 1. The lowest BCUT2D eigenvalue weighted by Gasteiger charge is -2.26. The summed E-state index contributed by atoms with van der Waals surface area (Å²) in [6.45, 7) is 0.326. The molecule has 4 rings (SSSR count). The van der Waals surface area contributed by atoms with Crippen molar-refractivity contribution in [3.05, 3.63) is 97.9 Å². The molecule has 1 aliphatic rings. The van der Waals surface area contributed by atoms with Gasteiger partial charge in [-0.05, 0) is 65.7 Å². The normalized spacial score (nSPS) is 15.1. The third-order valence-corrected chi connectivity index (χ3v) is 5.84. The van der Waals surface area contributed by atoms with Crippen molar-refractivity contribution in [1.29, 1.82) is 0 Å². The SMILES string of the molecule is O=C1NC(=O)N(c2ccc(Cl)cc2)C(=O)/C1=C/c1ccc(OCc2ccc(Br)cc2)c(Cl)c1. The van der Waals surface area contributed by atoms with Crippen LogP contribution in [0.3, 0.4) is 0 Å². The summed E-state index contributed by atoms with van der Waals surface area (Å²) in [4.78, 5) is 38.5. The van der Waals surface area contributed by atoms with E-state index in [0.717, 1.165) is 14.9 Å². The molecule has 1 heterocycles. The smallest absolute Gasteiger partial charge is 0.335 e. The standard InChI is InChI=1S/C24H15BrCl2N2O4/c25-16-4-1-14(2-5-16)13-33-21-10-3-15(12-20(21)27)11-19-22(30)28-24(32)29(23(19)31)18-8-6-17(26)7-9-18/h1-12H,13H2,(H,28,30,32)/b19-11+. The Morgan fingerprint density at radius 2 is 1.64 bits per heavy atom. The number of benzene rings is 3. The number of hydrogen-bond acceptors (Lipinski definition) is 4. The molecule has 0 atom stereocenters. The third kappa shape index (κ3) is 5.27. The molecule has 1 N–H and O–H groups in total. The Hall–Kier alpha value is -3.13. The van der Waals surface area contributed by atoms with Gasteiger partial charge in [-0.1, -0.05) is 57.3 Å². The molecule has 4 amide bonds. The molecule has 6 nitrogen and oxygen atoms in total. The zero-order chi connectivity index (χ0) is 23.5. The number of carbonyl (C=O) groups is 3. The van der Waals surface area contributed by atoms with Gasteiger partial charge in [-0.25, -0.2) is 9.69 Å². The average Bonchev–Trinajstić information content (AvgIpc) is 2.78. The zero-order valence-corrected chi connectivity index (χ0v) is 19.9. The predicted octanol–water partition coefficient (Wildman–Crippen LogP) is 6.00. The number of barbiturate groups is 1. The van der Waals surface area contributed by atoms with E-state index in [2.05, 4.69) is 21.2 Å². The highest BCUT2D eigenvalue weighted by molar-refractivity contribution is 9.10. The van der Waals surface area contributed by atoms with Crippen molar-refractivity contribution in [1.82, 2.24) is 5.32 Å². The van der Waals surface area contributed by atoms with E-state index in [0.29, 0.717) is 28.0 Å². The first-order valence-corrected chi connectivity index (χ1v) is 11.2. The number of anilines is 1. The van der Waals surface area contributed by atoms with Gasteiger partial charge in [-0.3, -0.25) is 14.9 Å². The number of carbonyl (C=O) groups excluding carboxylic acids is 3. The van der Waals surface area contributed by atoms with E-state index in [1.54, 1.807) is 30.3 Å². The predicted molar refractivity (Wildman–Crippen MR) is 130 cm³/mol. The largest absolute Gasteiger partial charge is 0.487 e. The van der Waals surface area contributed by atoms with E-state index in [4.69, 9.17) is 27.9 Å². The number of halogens is 3. The molecule has 0 saturated carbocycles. The summed E-state index contributed by atoms with van der Waals surface area (Å²) in [7, 11) is 0. The highest BCUT2D eigenvalue weighted by Crippen LogP contribution is 2.29. The van der Waals surface area contributed by atoms with Gasteiger partial charge in [0.2, 0.25) is 0 Å². The number of rotatable bonds is 5. The second kappa shape index (κ2) is 9.79. The molecule has 3 aromatic carbocycles. The van der Waals surface area contributed by atoms with Crippen LogP contribution >= 0.6 is 39.1 Å².